The largest absolute Gasteiger partial charge is 0.493 e. The van der Waals surface area contributed by atoms with E-state index in [-0.39, 0.29) is 6.73 Å². The van der Waals surface area contributed by atoms with Gasteiger partial charge in [0.15, 0.2) is 29.7 Å². The normalized spacial score (nSPS) is 9.88. The zero-order valence-electron chi connectivity index (χ0n) is 14.5. The van der Waals surface area contributed by atoms with Crippen molar-refractivity contribution in [3.05, 3.63) is 42.5 Å². The summed E-state index contributed by atoms with van der Waals surface area (Å²) in [5, 5.41) is 5.31. The van der Waals surface area contributed by atoms with Crippen molar-refractivity contribution in [2.45, 2.75) is 6.92 Å². The highest BCUT2D eigenvalue weighted by atomic mass is 16.5. The third-order valence-electron chi connectivity index (χ3n) is 3.25. The topological polar surface area (TPSA) is 78.1 Å². The smallest absolute Gasteiger partial charge is 0.321 e. The maximum absolute atomic E-state index is 12.0. The number of carbonyl (C=O) groups is 1. The Kier molecular flexibility index (Phi) is 6.76. The summed E-state index contributed by atoms with van der Waals surface area (Å²) in [6.45, 7) is 2.43. The summed E-state index contributed by atoms with van der Waals surface area (Å²) in [7, 11) is 3.08. The van der Waals surface area contributed by atoms with Gasteiger partial charge in [0, 0.05) is 11.8 Å². The summed E-state index contributed by atoms with van der Waals surface area (Å²) in [6, 6.07) is 12.0. The molecule has 2 N–H and O–H groups in total. The van der Waals surface area contributed by atoms with Gasteiger partial charge in [-0.05, 0) is 31.2 Å². The Hall–Kier alpha value is -3.09. The molecule has 0 saturated heterocycles. The summed E-state index contributed by atoms with van der Waals surface area (Å²) in [5.41, 5.74) is 0.574. The zero-order chi connectivity index (χ0) is 18.1. The average molecular weight is 346 g/mol. The first kappa shape index (κ1) is 18.3. The summed E-state index contributed by atoms with van der Waals surface area (Å²) in [4.78, 5) is 12.0. The van der Waals surface area contributed by atoms with Crippen molar-refractivity contribution < 1.29 is 23.7 Å². The summed E-state index contributed by atoms with van der Waals surface area (Å²) >= 11 is 0. The number of rotatable bonds is 8. The van der Waals surface area contributed by atoms with Gasteiger partial charge in [-0.2, -0.15) is 0 Å². The third-order valence-corrected chi connectivity index (χ3v) is 3.25. The van der Waals surface area contributed by atoms with Crippen LogP contribution in [0, 0.1) is 0 Å². The molecule has 2 aromatic rings. The minimum absolute atomic E-state index is 0.00319. The van der Waals surface area contributed by atoms with Crippen LogP contribution in [0.3, 0.4) is 0 Å². The molecule has 2 rings (SSSR count). The van der Waals surface area contributed by atoms with Crippen molar-refractivity contribution in [3.63, 3.8) is 0 Å². The lowest BCUT2D eigenvalue weighted by Gasteiger charge is -2.13. The number of nitrogens with one attached hydrogen (secondary N) is 2. The lowest BCUT2D eigenvalue weighted by Crippen LogP contribution is -2.32. The van der Waals surface area contributed by atoms with Gasteiger partial charge in [0.2, 0.25) is 0 Å². The molecule has 0 aliphatic heterocycles. The van der Waals surface area contributed by atoms with Crippen LogP contribution in [0.5, 0.6) is 23.0 Å². The van der Waals surface area contributed by atoms with Crippen LogP contribution < -0.4 is 29.6 Å². The van der Waals surface area contributed by atoms with E-state index in [1.165, 1.54) is 7.11 Å². The maximum atomic E-state index is 12.0. The van der Waals surface area contributed by atoms with E-state index < -0.39 is 6.03 Å². The Morgan fingerprint density at radius 2 is 1.60 bits per heavy atom. The number of hydrogen-bond acceptors (Lipinski definition) is 5. The van der Waals surface area contributed by atoms with Crippen molar-refractivity contribution in [1.82, 2.24) is 5.32 Å². The van der Waals surface area contributed by atoms with E-state index in [4.69, 9.17) is 18.9 Å². The van der Waals surface area contributed by atoms with Crippen LogP contribution in [0.15, 0.2) is 42.5 Å². The fraction of sp³-hybridized carbons (Fsp3) is 0.278. The molecule has 0 aliphatic carbocycles. The standard InChI is InChI=1S/C18H22N2O5/c1-4-24-15-7-5-6-8-16(15)25-12-19-18(21)20-13-9-10-14(22-2)17(11-13)23-3/h5-11H,4,12H2,1-3H3,(H2,19,20,21). The Morgan fingerprint density at radius 3 is 2.24 bits per heavy atom. The van der Waals surface area contributed by atoms with Crippen molar-refractivity contribution >= 4 is 11.7 Å². The monoisotopic (exact) mass is 346 g/mol. The van der Waals surface area contributed by atoms with Crippen LogP contribution in [0.25, 0.3) is 0 Å². The lowest BCUT2D eigenvalue weighted by molar-refractivity contribution is 0.229. The van der Waals surface area contributed by atoms with Gasteiger partial charge in [0.05, 0.1) is 20.8 Å². The van der Waals surface area contributed by atoms with E-state index >= 15 is 0 Å². The first-order valence-electron chi connectivity index (χ1n) is 7.79. The Labute approximate surface area is 146 Å². The van der Waals surface area contributed by atoms with Gasteiger partial charge in [0.1, 0.15) is 0 Å². The number of anilines is 1. The summed E-state index contributed by atoms with van der Waals surface area (Å²) in [5.74, 6) is 2.31. The highest BCUT2D eigenvalue weighted by molar-refractivity contribution is 5.89. The van der Waals surface area contributed by atoms with Gasteiger partial charge in [-0.25, -0.2) is 4.79 Å². The quantitative estimate of drug-likeness (QED) is 0.718. The number of urea groups is 1. The molecular weight excluding hydrogens is 324 g/mol. The van der Waals surface area contributed by atoms with E-state index in [1.54, 1.807) is 31.4 Å². The van der Waals surface area contributed by atoms with E-state index in [1.807, 2.05) is 25.1 Å². The van der Waals surface area contributed by atoms with Crippen molar-refractivity contribution in [3.8, 4) is 23.0 Å². The predicted octanol–water partition coefficient (Wildman–Crippen LogP) is 3.26. The molecule has 0 heterocycles. The van der Waals surface area contributed by atoms with Crippen molar-refractivity contribution in [2.75, 3.05) is 32.9 Å². The molecule has 134 valence electrons. The molecule has 0 unspecified atom stereocenters. The third kappa shape index (κ3) is 5.20. The number of methoxy groups -OCH3 is 2. The average Bonchev–Trinajstić information content (AvgIpc) is 2.63. The number of ether oxygens (including phenoxy) is 4. The molecule has 0 aromatic heterocycles. The van der Waals surface area contributed by atoms with Crippen LogP contribution in [0.1, 0.15) is 6.92 Å². The molecular formula is C18H22N2O5. The van der Waals surface area contributed by atoms with E-state index in [0.717, 1.165) is 0 Å². The zero-order valence-corrected chi connectivity index (χ0v) is 14.5. The fourth-order valence-corrected chi connectivity index (χ4v) is 2.11. The molecule has 0 atom stereocenters. The highest BCUT2D eigenvalue weighted by Gasteiger charge is 2.08. The molecule has 0 radical (unpaired) electrons. The number of benzene rings is 2. The van der Waals surface area contributed by atoms with Gasteiger partial charge >= 0.3 is 6.03 Å². The lowest BCUT2D eigenvalue weighted by atomic mass is 10.3. The second-order valence-electron chi connectivity index (χ2n) is 4.87. The second-order valence-corrected chi connectivity index (χ2v) is 4.87. The van der Waals surface area contributed by atoms with Gasteiger partial charge in [0.25, 0.3) is 0 Å². The first-order valence-corrected chi connectivity index (χ1v) is 7.79. The molecule has 0 saturated carbocycles. The van der Waals surface area contributed by atoms with E-state index in [0.29, 0.717) is 35.3 Å². The van der Waals surface area contributed by atoms with Crippen LogP contribution in [0.4, 0.5) is 10.5 Å². The van der Waals surface area contributed by atoms with Gasteiger partial charge in [-0.1, -0.05) is 12.1 Å². The summed E-state index contributed by atoms with van der Waals surface area (Å²) in [6.07, 6.45) is 0. The van der Waals surface area contributed by atoms with Crippen LogP contribution >= 0.6 is 0 Å². The number of amides is 2. The van der Waals surface area contributed by atoms with Crippen molar-refractivity contribution in [1.29, 1.82) is 0 Å². The van der Waals surface area contributed by atoms with Crippen LogP contribution in [-0.2, 0) is 0 Å². The molecule has 0 spiro atoms. The van der Waals surface area contributed by atoms with E-state index in [9.17, 15) is 4.79 Å². The minimum Gasteiger partial charge on any atom is -0.493 e. The SMILES string of the molecule is CCOc1ccccc1OCNC(=O)Nc1ccc(OC)c(OC)c1. The summed E-state index contributed by atoms with van der Waals surface area (Å²) < 4.78 is 21.4. The molecule has 0 aliphatic rings. The molecule has 7 nitrogen and oxygen atoms in total. The second kappa shape index (κ2) is 9.27. The Morgan fingerprint density at radius 1 is 0.920 bits per heavy atom. The molecule has 7 heteroatoms. The maximum Gasteiger partial charge on any atom is 0.321 e. The molecule has 0 bridgehead atoms. The predicted molar refractivity (Wildman–Crippen MR) is 94.8 cm³/mol. The Bertz CT molecular complexity index is 706. The van der Waals surface area contributed by atoms with Gasteiger partial charge in [-0.3, -0.25) is 0 Å². The molecule has 2 aromatic carbocycles. The molecule has 25 heavy (non-hydrogen) atoms. The first-order chi connectivity index (χ1) is 12.2. The van der Waals surface area contributed by atoms with Crippen molar-refractivity contribution in [2.24, 2.45) is 0 Å². The fourth-order valence-electron chi connectivity index (χ4n) is 2.11. The number of hydrogen-bond donors (Lipinski definition) is 2. The highest BCUT2D eigenvalue weighted by Crippen LogP contribution is 2.29. The molecule has 0 fully saturated rings. The van der Waals surface area contributed by atoms with Crippen LogP contribution in [0.2, 0.25) is 0 Å². The van der Waals surface area contributed by atoms with Gasteiger partial charge in [-0.15, -0.1) is 0 Å². The van der Waals surface area contributed by atoms with Crippen LogP contribution in [-0.4, -0.2) is 33.6 Å². The minimum atomic E-state index is -0.402. The number of para-hydroxylation sites is 2. The number of carbonyl (C=O) groups excluding carboxylic acids is 1. The van der Waals surface area contributed by atoms with Gasteiger partial charge < -0.3 is 29.6 Å². The van der Waals surface area contributed by atoms with E-state index in [2.05, 4.69) is 10.6 Å². The molecule has 2 amide bonds. The Balaban J connectivity index is 1.87.